The fourth-order valence-corrected chi connectivity index (χ4v) is 2.00. The summed E-state index contributed by atoms with van der Waals surface area (Å²) < 4.78 is 5.63. The van der Waals surface area contributed by atoms with Gasteiger partial charge < -0.3 is 9.73 Å². The highest BCUT2D eigenvalue weighted by Crippen LogP contribution is 2.13. The van der Waals surface area contributed by atoms with Gasteiger partial charge in [-0.3, -0.25) is 4.90 Å². The molecule has 0 radical (unpaired) electrons. The molecule has 3 heteroatoms. The smallest absolute Gasteiger partial charge is 0.122 e. The summed E-state index contributed by atoms with van der Waals surface area (Å²) in [4.78, 5) is 2.45. The molecule has 1 rings (SSSR count). The molecule has 0 unspecified atom stereocenters. The van der Waals surface area contributed by atoms with Crippen molar-refractivity contribution in [1.29, 1.82) is 0 Å². The molecule has 0 aromatic carbocycles. The summed E-state index contributed by atoms with van der Waals surface area (Å²) >= 11 is 0. The Hall–Kier alpha value is -0.800. The molecule has 0 saturated heterocycles. The SMILES string of the molecule is CCCCN(CC)Cc1occc1CNCCC. The summed E-state index contributed by atoms with van der Waals surface area (Å²) in [5, 5.41) is 3.43. The highest BCUT2D eigenvalue weighted by atomic mass is 16.3. The first-order chi connectivity index (χ1) is 8.81. The van der Waals surface area contributed by atoms with Gasteiger partial charge >= 0.3 is 0 Å². The maximum Gasteiger partial charge on any atom is 0.122 e. The Bertz CT molecular complexity index is 309. The van der Waals surface area contributed by atoms with Crippen LogP contribution in [0.4, 0.5) is 0 Å². The van der Waals surface area contributed by atoms with Crippen molar-refractivity contribution in [2.24, 2.45) is 0 Å². The molecular weight excluding hydrogens is 224 g/mol. The Kier molecular flexibility index (Phi) is 7.78. The van der Waals surface area contributed by atoms with Crippen LogP contribution in [0.15, 0.2) is 16.7 Å². The molecule has 1 N–H and O–H groups in total. The standard InChI is InChI=1S/C15H28N2O/c1-4-7-10-17(6-3)13-15-14(8-11-18-15)12-16-9-5-2/h8,11,16H,4-7,9-10,12-13H2,1-3H3. The Morgan fingerprint density at radius 1 is 1.22 bits per heavy atom. The number of furan rings is 1. The van der Waals surface area contributed by atoms with E-state index in [1.807, 2.05) is 6.26 Å². The first kappa shape index (κ1) is 15.3. The van der Waals surface area contributed by atoms with Crippen molar-refractivity contribution >= 4 is 0 Å². The molecule has 0 atom stereocenters. The van der Waals surface area contributed by atoms with Crippen molar-refractivity contribution in [2.75, 3.05) is 19.6 Å². The van der Waals surface area contributed by atoms with Gasteiger partial charge in [0.25, 0.3) is 0 Å². The topological polar surface area (TPSA) is 28.4 Å². The number of hydrogen-bond donors (Lipinski definition) is 1. The number of nitrogens with zero attached hydrogens (tertiary/aromatic N) is 1. The third-order valence-electron chi connectivity index (χ3n) is 3.22. The van der Waals surface area contributed by atoms with E-state index < -0.39 is 0 Å². The van der Waals surface area contributed by atoms with Gasteiger partial charge in [0.15, 0.2) is 0 Å². The lowest BCUT2D eigenvalue weighted by Gasteiger charge is -2.19. The van der Waals surface area contributed by atoms with Gasteiger partial charge in [-0.2, -0.15) is 0 Å². The largest absolute Gasteiger partial charge is 0.468 e. The van der Waals surface area contributed by atoms with E-state index in [1.54, 1.807) is 0 Å². The molecule has 1 heterocycles. The van der Waals surface area contributed by atoms with Gasteiger partial charge in [0.2, 0.25) is 0 Å². The van der Waals surface area contributed by atoms with E-state index in [4.69, 9.17) is 4.42 Å². The Balaban J connectivity index is 2.46. The Morgan fingerprint density at radius 3 is 2.72 bits per heavy atom. The van der Waals surface area contributed by atoms with Crippen molar-refractivity contribution in [3.63, 3.8) is 0 Å². The van der Waals surface area contributed by atoms with E-state index in [2.05, 4.69) is 37.1 Å². The maximum atomic E-state index is 5.63. The van der Waals surface area contributed by atoms with Crippen LogP contribution in [0.5, 0.6) is 0 Å². The highest BCUT2D eigenvalue weighted by molar-refractivity contribution is 5.16. The minimum atomic E-state index is 0.922. The molecule has 0 aliphatic carbocycles. The van der Waals surface area contributed by atoms with Crippen LogP contribution >= 0.6 is 0 Å². The second kappa shape index (κ2) is 9.17. The van der Waals surface area contributed by atoms with Crippen LogP contribution in [0.2, 0.25) is 0 Å². The monoisotopic (exact) mass is 252 g/mol. The zero-order valence-corrected chi connectivity index (χ0v) is 12.2. The molecule has 104 valence electrons. The minimum absolute atomic E-state index is 0.922. The second-order valence-corrected chi connectivity index (χ2v) is 4.77. The summed E-state index contributed by atoms with van der Waals surface area (Å²) in [6, 6.07) is 2.09. The van der Waals surface area contributed by atoms with Crippen LogP contribution in [-0.4, -0.2) is 24.5 Å². The van der Waals surface area contributed by atoms with E-state index in [9.17, 15) is 0 Å². The van der Waals surface area contributed by atoms with Crippen molar-refractivity contribution in [3.05, 3.63) is 23.7 Å². The van der Waals surface area contributed by atoms with Gasteiger partial charge in [-0.1, -0.05) is 27.2 Å². The first-order valence-electron chi connectivity index (χ1n) is 7.30. The lowest BCUT2D eigenvalue weighted by atomic mass is 10.2. The van der Waals surface area contributed by atoms with Crippen molar-refractivity contribution in [1.82, 2.24) is 10.2 Å². The average molecular weight is 252 g/mol. The van der Waals surface area contributed by atoms with Gasteiger partial charge in [0.05, 0.1) is 12.8 Å². The van der Waals surface area contributed by atoms with Gasteiger partial charge in [0, 0.05) is 12.1 Å². The molecular formula is C15H28N2O. The molecule has 0 aliphatic rings. The van der Waals surface area contributed by atoms with Crippen LogP contribution in [0.25, 0.3) is 0 Å². The fourth-order valence-electron chi connectivity index (χ4n) is 2.00. The van der Waals surface area contributed by atoms with E-state index in [0.29, 0.717) is 0 Å². The highest BCUT2D eigenvalue weighted by Gasteiger charge is 2.10. The second-order valence-electron chi connectivity index (χ2n) is 4.77. The predicted octanol–water partition coefficient (Wildman–Crippen LogP) is 3.40. The van der Waals surface area contributed by atoms with Gasteiger partial charge in [-0.15, -0.1) is 0 Å². The van der Waals surface area contributed by atoms with Crippen LogP contribution < -0.4 is 5.32 Å². The first-order valence-corrected chi connectivity index (χ1v) is 7.30. The summed E-state index contributed by atoms with van der Waals surface area (Å²) in [7, 11) is 0. The van der Waals surface area contributed by atoms with E-state index >= 15 is 0 Å². The fraction of sp³-hybridized carbons (Fsp3) is 0.733. The molecule has 3 nitrogen and oxygen atoms in total. The zero-order chi connectivity index (χ0) is 13.2. The van der Waals surface area contributed by atoms with Crippen molar-refractivity contribution in [3.8, 4) is 0 Å². The third kappa shape index (κ3) is 5.23. The molecule has 0 saturated carbocycles. The number of hydrogen-bond acceptors (Lipinski definition) is 3. The molecule has 0 aliphatic heterocycles. The predicted molar refractivity (Wildman–Crippen MR) is 76.6 cm³/mol. The number of rotatable bonds is 10. The van der Waals surface area contributed by atoms with Gasteiger partial charge in [-0.25, -0.2) is 0 Å². The summed E-state index contributed by atoms with van der Waals surface area (Å²) in [6.45, 7) is 11.8. The molecule has 0 amide bonds. The average Bonchev–Trinajstić information content (AvgIpc) is 2.82. The van der Waals surface area contributed by atoms with Crippen LogP contribution in [0.3, 0.4) is 0 Å². The minimum Gasteiger partial charge on any atom is -0.468 e. The number of unbranched alkanes of at least 4 members (excludes halogenated alkanes) is 1. The van der Waals surface area contributed by atoms with E-state index in [1.165, 1.54) is 24.8 Å². The lowest BCUT2D eigenvalue weighted by molar-refractivity contribution is 0.250. The molecule has 0 spiro atoms. The Labute approximate surface area is 112 Å². The molecule has 0 fully saturated rings. The van der Waals surface area contributed by atoms with E-state index in [0.717, 1.165) is 38.5 Å². The normalized spacial score (nSPS) is 11.3. The summed E-state index contributed by atoms with van der Waals surface area (Å²) in [5.74, 6) is 1.12. The summed E-state index contributed by atoms with van der Waals surface area (Å²) in [6.07, 6.45) is 5.49. The van der Waals surface area contributed by atoms with Crippen LogP contribution in [0, 0.1) is 0 Å². The molecule has 1 aromatic heterocycles. The Morgan fingerprint density at radius 2 is 2.06 bits per heavy atom. The van der Waals surface area contributed by atoms with Crippen LogP contribution in [-0.2, 0) is 13.1 Å². The zero-order valence-electron chi connectivity index (χ0n) is 12.2. The lowest BCUT2D eigenvalue weighted by Crippen LogP contribution is -2.24. The van der Waals surface area contributed by atoms with Gasteiger partial charge in [-0.05, 0) is 38.5 Å². The molecule has 0 bridgehead atoms. The molecule has 1 aromatic rings. The molecule has 18 heavy (non-hydrogen) atoms. The number of nitrogens with one attached hydrogen (secondary N) is 1. The summed E-state index contributed by atoms with van der Waals surface area (Å²) in [5.41, 5.74) is 1.30. The van der Waals surface area contributed by atoms with Crippen LogP contribution in [0.1, 0.15) is 51.4 Å². The van der Waals surface area contributed by atoms with Crippen molar-refractivity contribution in [2.45, 2.75) is 53.1 Å². The van der Waals surface area contributed by atoms with E-state index in [-0.39, 0.29) is 0 Å². The quantitative estimate of drug-likeness (QED) is 0.647. The van der Waals surface area contributed by atoms with Crippen molar-refractivity contribution < 1.29 is 4.42 Å². The van der Waals surface area contributed by atoms with Gasteiger partial charge in [0.1, 0.15) is 5.76 Å². The third-order valence-corrected chi connectivity index (χ3v) is 3.22. The maximum absolute atomic E-state index is 5.63.